The zero-order valence-corrected chi connectivity index (χ0v) is 16.9. The molecule has 0 bridgehead atoms. The zero-order chi connectivity index (χ0) is 20.5. The van der Waals surface area contributed by atoms with E-state index in [0.29, 0.717) is 6.42 Å². The first-order chi connectivity index (χ1) is 14.7. The van der Waals surface area contributed by atoms with Gasteiger partial charge in [-0.3, -0.25) is 4.79 Å². The summed E-state index contributed by atoms with van der Waals surface area (Å²) in [5, 5.41) is 7.20. The van der Waals surface area contributed by atoms with Gasteiger partial charge in [0.25, 0.3) is 0 Å². The van der Waals surface area contributed by atoms with Crippen LogP contribution in [0, 0.1) is 0 Å². The number of hydrogen-bond donors (Lipinski definition) is 2. The highest BCUT2D eigenvalue weighted by atomic mass is 16.5. The predicted octanol–water partition coefficient (Wildman–Crippen LogP) is 5.67. The van der Waals surface area contributed by atoms with Crippen molar-refractivity contribution in [3.63, 3.8) is 0 Å². The second-order valence-corrected chi connectivity index (χ2v) is 7.82. The molecule has 0 amide bonds. The quantitative estimate of drug-likeness (QED) is 0.598. The van der Waals surface area contributed by atoms with Gasteiger partial charge in [-0.05, 0) is 36.1 Å². The molecular weight excluding hydrogens is 372 g/mol. The highest BCUT2D eigenvalue weighted by molar-refractivity contribution is 6.01. The van der Waals surface area contributed by atoms with E-state index < -0.39 is 0 Å². The zero-order valence-electron chi connectivity index (χ0n) is 16.9. The average molecular weight is 396 g/mol. The molecule has 2 aliphatic rings. The fraction of sp³-hybridized carbons (Fsp3) is 0.192. The minimum absolute atomic E-state index is 0.175. The summed E-state index contributed by atoms with van der Waals surface area (Å²) in [4.78, 5) is 13.5. The van der Waals surface area contributed by atoms with E-state index in [1.807, 2.05) is 66.7 Å². The van der Waals surface area contributed by atoms with Crippen LogP contribution in [0.4, 0.5) is 11.4 Å². The third kappa shape index (κ3) is 3.24. The molecule has 1 aliphatic carbocycles. The summed E-state index contributed by atoms with van der Waals surface area (Å²) in [7, 11) is 1.67. The van der Waals surface area contributed by atoms with Crippen LogP contribution in [-0.2, 0) is 4.79 Å². The molecule has 0 aromatic heterocycles. The van der Waals surface area contributed by atoms with Gasteiger partial charge in [-0.1, -0.05) is 60.7 Å². The molecule has 2 atom stereocenters. The van der Waals surface area contributed by atoms with Crippen LogP contribution in [0.3, 0.4) is 0 Å². The molecule has 0 spiro atoms. The molecule has 3 aromatic carbocycles. The first kappa shape index (κ1) is 18.5. The van der Waals surface area contributed by atoms with Gasteiger partial charge in [0, 0.05) is 23.3 Å². The van der Waals surface area contributed by atoms with E-state index in [-0.39, 0.29) is 17.7 Å². The molecular formula is C26H24N2O2. The van der Waals surface area contributed by atoms with Crippen molar-refractivity contribution in [2.75, 3.05) is 17.7 Å². The van der Waals surface area contributed by atoms with E-state index in [0.717, 1.165) is 40.4 Å². The second kappa shape index (κ2) is 7.71. The third-order valence-corrected chi connectivity index (χ3v) is 6.03. The Labute approximate surface area is 176 Å². The van der Waals surface area contributed by atoms with Crippen LogP contribution in [0.5, 0.6) is 5.75 Å². The van der Waals surface area contributed by atoms with Crippen LogP contribution in [-0.4, -0.2) is 12.9 Å². The molecule has 0 unspecified atom stereocenters. The maximum Gasteiger partial charge on any atom is 0.163 e. The Morgan fingerprint density at radius 2 is 1.53 bits per heavy atom. The van der Waals surface area contributed by atoms with Crippen molar-refractivity contribution in [3.05, 3.63) is 101 Å². The number of para-hydroxylation sites is 3. The summed E-state index contributed by atoms with van der Waals surface area (Å²) >= 11 is 0. The minimum Gasteiger partial charge on any atom is -0.496 e. The molecule has 5 rings (SSSR count). The highest BCUT2D eigenvalue weighted by Gasteiger charge is 2.36. The number of ether oxygens (including phenoxy) is 1. The maximum atomic E-state index is 13.5. The Morgan fingerprint density at radius 1 is 0.833 bits per heavy atom. The van der Waals surface area contributed by atoms with Gasteiger partial charge < -0.3 is 15.4 Å². The van der Waals surface area contributed by atoms with Crippen molar-refractivity contribution in [3.8, 4) is 5.75 Å². The van der Waals surface area contributed by atoms with Crippen molar-refractivity contribution in [2.24, 2.45) is 0 Å². The number of ketones is 1. The van der Waals surface area contributed by atoms with Gasteiger partial charge in [0.2, 0.25) is 0 Å². The Kier molecular flexibility index (Phi) is 4.75. The summed E-state index contributed by atoms with van der Waals surface area (Å²) in [6, 6.07) is 26.1. The van der Waals surface area contributed by atoms with Gasteiger partial charge in [0.15, 0.2) is 5.78 Å². The number of hydrogen-bond acceptors (Lipinski definition) is 4. The van der Waals surface area contributed by atoms with Gasteiger partial charge >= 0.3 is 0 Å². The first-order valence-corrected chi connectivity index (χ1v) is 10.3. The van der Waals surface area contributed by atoms with Gasteiger partial charge in [-0.2, -0.15) is 0 Å². The molecule has 30 heavy (non-hydrogen) atoms. The van der Waals surface area contributed by atoms with Crippen LogP contribution >= 0.6 is 0 Å². The highest BCUT2D eigenvalue weighted by Crippen LogP contribution is 2.45. The second-order valence-electron chi connectivity index (χ2n) is 7.82. The standard InChI is InChI=1S/C26H24N2O2/c1-30-24-14-8-5-11-19(24)26-25-22(27-20-12-6-7-13-21(20)28-26)15-18(16-23(25)29)17-9-3-2-4-10-17/h2-14,18,26-28H,15-16H2,1H3/t18-,26+/m1/s1. The number of nitrogens with one attached hydrogen (secondary N) is 2. The molecule has 1 aliphatic heterocycles. The van der Waals surface area contributed by atoms with Crippen LogP contribution < -0.4 is 15.4 Å². The monoisotopic (exact) mass is 396 g/mol. The fourth-order valence-corrected chi connectivity index (χ4v) is 4.59. The smallest absolute Gasteiger partial charge is 0.163 e. The maximum absolute atomic E-state index is 13.5. The van der Waals surface area contributed by atoms with E-state index in [4.69, 9.17) is 4.74 Å². The summed E-state index contributed by atoms with van der Waals surface area (Å²) in [5.74, 6) is 1.13. The topological polar surface area (TPSA) is 50.4 Å². The summed E-state index contributed by atoms with van der Waals surface area (Å²) in [6.45, 7) is 0. The lowest BCUT2D eigenvalue weighted by Crippen LogP contribution is -2.27. The van der Waals surface area contributed by atoms with Gasteiger partial charge in [0.1, 0.15) is 5.75 Å². The number of fused-ring (bicyclic) bond motifs is 1. The van der Waals surface area contributed by atoms with Crippen LogP contribution in [0.1, 0.15) is 35.9 Å². The summed E-state index contributed by atoms with van der Waals surface area (Å²) < 4.78 is 5.64. The molecule has 0 fully saturated rings. The molecule has 150 valence electrons. The Morgan fingerprint density at radius 3 is 2.33 bits per heavy atom. The molecule has 4 nitrogen and oxygen atoms in total. The number of Topliss-reactive ketones (excluding diaryl/α,β-unsaturated/α-hetero) is 1. The van der Waals surface area contributed by atoms with Crippen LogP contribution in [0.2, 0.25) is 0 Å². The van der Waals surface area contributed by atoms with Crippen molar-refractivity contribution < 1.29 is 9.53 Å². The van der Waals surface area contributed by atoms with Gasteiger partial charge in [-0.25, -0.2) is 0 Å². The average Bonchev–Trinajstić information content (AvgIpc) is 2.96. The lowest BCUT2D eigenvalue weighted by atomic mass is 9.78. The Bertz CT molecular complexity index is 1120. The van der Waals surface area contributed by atoms with Crippen molar-refractivity contribution >= 4 is 17.2 Å². The SMILES string of the molecule is COc1ccccc1[C@@H]1Nc2ccccc2NC2=C1C(=O)C[C@H](c1ccccc1)C2. The molecule has 0 saturated carbocycles. The van der Waals surface area contributed by atoms with E-state index in [1.165, 1.54) is 5.56 Å². The Balaban J connectivity index is 1.64. The summed E-state index contributed by atoms with van der Waals surface area (Å²) in [6.07, 6.45) is 1.31. The third-order valence-electron chi connectivity index (χ3n) is 6.03. The molecule has 4 heteroatoms. The fourth-order valence-electron chi connectivity index (χ4n) is 4.59. The van der Waals surface area contributed by atoms with E-state index >= 15 is 0 Å². The molecule has 3 aromatic rings. The van der Waals surface area contributed by atoms with Crippen molar-refractivity contribution in [1.82, 2.24) is 0 Å². The van der Waals surface area contributed by atoms with E-state index in [1.54, 1.807) is 7.11 Å². The number of carbonyl (C=O) groups is 1. The molecule has 2 N–H and O–H groups in total. The van der Waals surface area contributed by atoms with E-state index in [9.17, 15) is 4.79 Å². The predicted molar refractivity (Wildman–Crippen MR) is 120 cm³/mol. The lowest BCUT2D eigenvalue weighted by molar-refractivity contribution is -0.116. The number of benzene rings is 3. The minimum atomic E-state index is -0.267. The largest absolute Gasteiger partial charge is 0.496 e. The number of methoxy groups -OCH3 is 1. The first-order valence-electron chi connectivity index (χ1n) is 10.3. The van der Waals surface area contributed by atoms with Gasteiger partial charge in [-0.15, -0.1) is 0 Å². The van der Waals surface area contributed by atoms with Crippen molar-refractivity contribution in [1.29, 1.82) is 0 Å². The number of allylic oxidation sites excluding steroid dienone is 1. The normalized spacial score (nSPS) is 20.4. The summed E-state index contributed by atoms with van der Waals surface area (Å²) in [5.41, 5.74) is 5.95. The number of rotatable bonds is 3. The van der Waals surface area contributed by atoms with Crippen LogP contribution in [0.25, 0.3) is 0 Å². The van der Waals surface area contributed by atoms with Gasteiger partial charge in [0.05, 0.1) is 24.5 Å². The molecule has 0 radical (unpaired) electrons. The molecule has 1 heterocycles. The number of carbonyl (C=O) groups excluding carboxylic acids is 1. The van der Waals surface area contributed by atoms with Crippen molar-refractivity contribution in [2.45, 2.75) is 24.8 Å². The Hall–Kier alpha value is -3.53. The lowest BCUT2D eigenvalue weighted by Gasteiger charge is -2.30. The van der Waals surface area contributed by atoms with E-state index in [2.05, 4.69) is 22.8 Å². The molecule has 0 saturated heterocycles. The van der Waals surface area contributed by atoms with Crippen LogP contribution in [0.15, 0.2) is 90.1 Å². The number of anilines is 2.